The van der Waals surface area contributed by atoms with Crippen LogP contribution in [0.4, 0.5) is 23.0 Å². The van der Waals surface area contributed by atoms with Crippen LogP contribution in [0.5, 0.6) is 0 Å². The van der Waals surface area contributed by atoms with Crippen molar-refractivity contribution in [2.24, 2.45) is 0 Å². The number of nitrogens with zero attached hydrogens (tertiary/aromatic N) is 4. The number of hydrogen-bond donors (Lipinski definition) is 4. The third kappa shape index (κ3) is 4.63. The Kier molecular flexibility index (Phi) is 6.01. The maximum atomic E-state index is 4.89. The van der Waals surface area contributed by atoms with Gasteiger partial charge < -0.3 is 21.1 Å². The summed E-state index contributed by atoms with van der Waals surface area (Å²) in [6.45, 7) is 16.0. The quantitative estimate of drug-likeness (QED) is 0.382. The lowest BCUT2D eigenvalue weighted by atomic mass is 9.94. The average molecular weight is 497 g/mol. The standard InChI is InChI=1S/C29H36N8/c1-17-8-18(2)10-23(9-17)31-29-30-14-22-15-36(16-28(22)32-29)24-6-7-37(20(4)12-24)21(5)25-13-27-26(11-19(25)3)33-35-34-27/h8-11,13-14,20,24,33-35H,5-7,12,15-16H2,1-4H3,(H,30,31,32)/t20-,24-/m1/s1. The van der Waals surface area contributed by atoms with Gasteiger partial charge in [-0.1, -0.05) is 12.6 Å². The van der Waals surface area contributed by atoms with E-state index in [-0.39, 0.29) is 0 Å². The van der Waals surface area contributed by atoms with Gasteiger partial charge in [0.1, 0.15) is 0 Å². The van der Waals surface area contributed by atoms with E-state index in [1.807, 2.05) is 6.20 Å². The highest BCUT2D eigenvalue weighted by molar-refractivity contribution is 5.79. The molecule has 0 spiro atoms. The number of aryl methyl sites for hydroxylation is 3. The second-order valence-corrected chi connectivity index (χ2v) is 10.8. The third-order valence-corrected chi connectivity index (χ3v) is 7.94. The SMILES string of the molecule is C=C(c1cc2c(cc1C)NNN2)N1CC[C@@H](N2Cc3cnc(Nc4cc(C)cc(C)c4)nc3C2)C[C@H]1C. The van der Waals surface area contributed by atoms with E-state index in [0.29, 0.717) is 18.0 Å². The summed E-state index contributed by atoms with van der Waals surface area (Å²) >= 11 is 0. The lowest BCUT2D eigenvalue weighted by molar-refractivity contribution is 0.102. The van der Waals surface area contributed by atoms with Crippen molar-refractivity contribution in [3.8, 4) is 0 Å². The number of nitrogens with one attached hydrogen (secondary N) is 4. The Balaban J connectivity index is 1.10. The van der Waals surface area contributed by atoms with Gasteiger partial charge in [-0.2, -0.15) is 0 Å². The van der Waals surface area contributed by atoms with Crippen LogP contribution in [0.3, 0.4) is 0 Å². The van der Waals surface area contributed by atoms with Crippen molar-refractivity contribution >= 4 is 28.7 Å². The van der Waals surface area contributed by atoms with E-state index in [0.717, 1.165) is 60.9 Å². The normalized spacial score (nSPS) is 20.7. The molecule has 0 unspecified atom stereocenters. The van der Waals surface area contributed by atoms with E-state index < -0.39 is 0 Å². The van der Waals surface area contributed by atoms with Crippen LogP contribution in [-0.4, -0.2) is 38.4 Å². The lowest BCUT2D eigenvalue weighted by Gasteiger charge is -2.43. The first-order valence-electron chi connectivity index (χ1n) is 13.2. The summed E-state index contributed by atoms with van der Waals surface area (Å²) in [5.74, 6) is 0.676. The van der Waals surface area contributed by atoms with Gasteiger partial charge in [0.2, 0.25) is 5.95 Å². The van der Waals surface area contributed by atoms with Crippen molar-refractivity contribution < 1.29 is 0 Å². The first-order valence-corrected chi connectivity index (χ1v) is 13.2. The third-order valence-electron chi connectivity index (χ3n) is 7.94. The van der Waals surface area contributed by atoms with E-state index in [9.17, 15) is 0 Å². The first kappa shape index (κ1) is 23.8. The maximum Gasteiger partial charge on any atom is 0.227 e. The Bertz CT molecular complexity index is 1350. The molecule has 1 saturated heterocycles. The molecule has 8 heteroatoms. The minimum Gasteiger partial charge on any atom is -0.369 e. The Morgan fingerprint density at radius 3 is 2.54 bits per heavy atom. The highest BCUT2D eigenvalue weighted by atomic mass is 15.6. The number of fused-ring (bicyclic) bond motifs is 2. The summed E-state index contributed by atoms with van der Waals surface area (Å²) in [6.07, 6.45) is 4.23. The molecule has 192 valence electrons. The Hall–Kier alpha value is -3.62. The van der Waals surface area contributed by atoms with Crippen LogP contribution in [0.1, 0.15) is 53.3 Å². The van der Waals surface area contributed by atoms with E-state index in [1.54, 1.807) is 0 Å². The molecule has 1 fully saturated rings. The molecular weight excluding hydrogens is 460 g/mol. The summed E-state index contributed by atoms with van der Waals surface area (Å²) in [6, 6.07) is 11.7. The molecule has 1 aromatic heterocycles. The van der Waals surface area contributed by atoms with Gasteiger partial charge in [0.15, 0.2) is 0 Å². The maximum absolute atomic E-state index is 4.89. The zero-order valence-electron chi connectivity index (χ0n) is 22.2. The molecule has 8 nitrogen and oxygen atoms in total. The molecule has 4 heterocycles. The summed E-state index contributed by atoms with van der Waals surface area (Å²) in [7, 11) is 0. The monoisotopic (exact) mass is 496 g/mol. The number of rotatable bonds is 5. The van der Waals surface area contributed by atoms with E-state index in [1.165, 1.54) is 27.8 Å². The molecule has 3 aliphatic heterocycles. The van der Waals surface area contributed by atoms with Crippen molar-refractivity contribution in [3.63, 3.8) is 0 Å². The summed E-state index contributed by atoms with van der Waals surface area (Å²) in [4.78, 5) is 14.6. The highest BCUT2D eigenvalue weighted by Gasteiger charge is 2.34. The molecule has 0 aliphatic carbocycles. The van der Waals surface area contributed by atoms with Gasteiger partial charge in [0, 0.05) is 60.4 Å². The van der Waals surface area contributed by atoms with Crippen molar-refractivity contribution in [3.05, 3.63) is 76.6 Å². The molecule has 2 aromatic carbocycles. The van der Waals surface area contributed by atoms with Crippen LogP contribution in [-0.2, 0) is 13.1 Å². The smallest absolute Gasteiger partial charge is 0.227 e. The minimum absolute atomic E-state index is 0.416. The predicted molar refractivity (Wildman–Crippen MR) is 150 cm³/mol. The van der Waals surface area contributed by atoms with Crippen LogP contribution >= 0.6 is 0 Å². The van der Waals surface area contributed by atoms with E-state index in [2.05, 4.69) is 101 Å². The second kappa shape index (κ2) is 9.36. The molecule has 0 saturated carbocycles. The van der Waals surface area contributed by atoms with Gasteiger partial charge in [-0.05, 0) is 81.5 Å². The molecule has 3 aliphatic rings. The van der Waals surface area contributed by atoms with Crippen LogP contribution in [0.25, 0.3) is 5.70 Å². The fourth-order valence-electron chi connectivity index (χ4n) is 6.10. The molecule has 2 atom stereocenters. The summed E-state index contributed by atoms with van der Waals surface area (Å²) < 4.78 is 0. The molecular formula is C29H36N8. The van der Waals surface area contributed by atoms with Gasteiger partial charge in [-0.15, -0.1) is 5.53 Å². The van der Waals surface area contributed by atoms with Gasteiger partial charge in [-0.3, -0.25) is 4.90 Å². The van der Waals surface area contributed by atoms with Gasteiger partial charge >= 0.3 is 0 Å². The topological polar surface area (TPSA) is 80.4 Å². The number of anilines is 4. The van der Waals surface area contributed by atoms with Crippen LogP contribution in [0, 0.1) is 20.8 Å². The minimum atomic E-state index is 0.416. The Labute approximate surface area is 219 Å². The number of hydrazine groups is 2. The Morgan fingerprint density at radius 2 is 1.78 bits per heavy atom. The van der Waals surface area contributed by atoms with E-state index in [4.69, 9.17) is 4.98 Å². The summed E-state index contributed by atoms with van der Waals surface area (Å²) in [5.41, 5.74) is 20.8. The molecule has 37 heavy (non-hydrogen) atoms. The van der Waals surface area contributed by atoms with Gasteiger partial charge in [0.25, 0.3) is 0 Å². The molecule has 6 rings (SSSR count). The van der Waals surface area contributed by atoms with Crippen LogP contribution in [0.2, 0.25) is 0 Å². The van der Waals surface area contributed by atoms with Gasteiger partial charge in [0.05, 0.1) is 17.1 Å². The molecule has 3 aromatic rings. The van der Waals surface area contributed by atoms with Crippen LogP contribution in [0.15, 0.2) is 43.1 Å². The fraction of sp³-hybridized carbons (Fsp3) is 0.379. The highest BCUT2D eigenvalue weighted by Crippen LogP contribution is 2.36. The summed E-state index contributed by atoms with van der Waals surface area (Å²) in [5, 5.41) is 3.40. The van der Waals surface area contributed by atoms with Crippen molar-refractivity contribution in [1.29, 1.82) is 0 Å². The predicted octanol–water partition coefficient (Wildman–Crippen LogP) is 5.24. The average Bonchev–Trinajstić information content (AvgIpc) is 3.48. The number of piperidine rings is 1. The van der Waals surface area contributed by atoms with Crippen molar-refractivity contribution in [1.82, 2.24) is 25.3 Å². The molecule has 0 radical (unpaired) electrons. The molecule has 4 N–H and O–H groups in total. The molecule has 0 amide bonds. The van der Waals surface area contributed by atoms with E-state index >= 15 is 0 Å². The van der Waals surface area contributed by atoms with Crippen molar-refractivity contribution in [2.45, 2.75) is 65.7 Å². The molecule has 0 bridgehead atoms. The lowest BCUT2D eigenvalue weighted by Crippen LogP contribution is -2.46. The van der Waals surface area contributed by atoms with Crippen LogP contribution < -0.4 is 21.7 Å². The zero-order valence-corrected chi connectivity index (χ0v) is 22.2. The Morgan fingerprint density at radius 1 is 1.03 bits per heavy atom. The first-order chi connectivity index (χ1) is 17.8. The number of hydrogen-bond acceptors (Lipinski definition) is 8. The second-order valence-electron chi connectivity index (χ2n) is 10.8. The zero-order chi connectivity index (χ0) is 25.7. The number of aromatic nitrogens is 2. The van der Waals surface area contributed by atoms with Crippen molar-refractivity contribution in [2.75, 3.05) is 22.7 Å². The van der Waals surface area contributed by atoms with Gasteiger partial charge in [-0.25, -0.2) is 9.97 Å². The largest absolute Gasteiger partial charge is 0.369 e. The number of likely N-dealkylation sites (tertiary alicyclic amines) is 1. The number of benzene rings is 2. The fourth-order valence-corrected chi connectivity index (χ4v) is 6.10.